The zero-order valence-electron chi connectivity index (χ0n) is 11.8. The number of benzene rings is 1. The maximum Gasteiger partial charge on any atom is 0.113 e. The molecule has 0 bridgehead atoms. The van der Waals surface area contributed by atoms with Gasteiger partial charge in [0, 0.05) is 30.5 Å². The number of nitrogens with zero attached hydrogens (tertiary/aromatic N) is 2. The molecule has 0 fully saturated rings. The molecule has 1 unspecified atom stereocenters. The van der Waals surface area contributed by atoms with E-state index in [1.807, 2.05) is 12.4 Å². The SMILES string of the molecule is CCCc1nccn1-c1ccccc1CC(N)CC. The third-order valence-electron chi connectivity index (χ3n) is 3.45. The van der Waals surface area contributed by atoms with Gasteiger partial charge in [-0.3, -0.25) is 0 Å². The van der Waals surface area contributed by atoms with Crippen LogP contribution in [0.25, 0.3) is 5.69 Å². The van der Waals surface area contributed by atoms with Gasteiger partial charge in [0.2, 0.25) is 0 Å². The first-order valence-electron chi connectivity index (χ1n) is 7.12. The molecule has 3 nitrogen and oxygen atoms in total. The Bertz CT molecular complexity index is 516. The van der Waals surface area contributed by atoms with Crippen LogP contribution in [0.3, 0.4) is 0 Å². The van der Waals surface area contributed by atoms with Crippen LogP contribution in [-0.2, 0) is 12.8 Å². The highest BCUT2D eigenvalue weighted by Gasteiger charge is 2.10. The molecule has 2 rings (SSSR count). The molecule has 0 saturated carbocycles. The van der Waals surface area contributed by atoms with E-state index in [0.29, 0.717) is 0 Å². The van der Waals surface area contributed by atoms with Gasteiger partial charge in [0.25, 0.3) is 0 Å². The zero-order valence-corrected chi connectivity index (χ0v) is 11.8. The van der Waals surface area contributed by atoms with Crippen LogP contribution in [0.2, 0.25) is 0 Å². The fraction of sp³-hybridized carbons (Fsp3) is 0.438. The molecule has 102 valence electrons. The number of para-hydroxylation sites is 1. The van der Waals surface area contributed by atoms with E-state index in [0.717, 1.165) is 31.5 Å². The molecular weight excluding hydrogens is 234 g/mol. The molecule has 2 N–H and O–H groups in total. The van der Waals surface area contributed by atoms with Crippen molar-refractivity contribution in [3.05, 3.63) is 48.0 Å². The number of nitrogens with two attached hydrogens (primary N) is 1. The molecule has 1 atom stereocenters. The van der Waals surface area contributed by atoms with E-state index in [1.54, 1.807) is 0 Å². The lowest BCUT2D eigenvalue weighted by molar-refractivity contribution is 0.643. The van der Waals surface area contributed by atoms with E-state index < -0.39 is 0 Å². The summed E-state index contributed by atoms with van der Waals surface area (Å²) in [6.07, 6.45) is 7.94. The first-order valence-corrected chi connectivity index (χ1v) is 7.12. The van der Waals surface area contributed by atoms with Crippen LogP contribution in [0.15, 0.2) is 36.7 Å². The largest absolute Gasteiger partial charge is 0.327 e. The van der Waals surface area contributed by atoms with Gasteiger partial charge in [0.15, 0.2) is 0 Å². The zero-order chi connectivity index (χ0) is 13.7. The minimum atomic E-state index is 0.222. The van der Waals surface area contributed by atoms with E-state index in [9.17, 15) is 0 Å². The summed E-state index contributed by atoms with van der Waals surface area (Å²) in [5.74, 6) is 1.13. The smallest absolute Gasteiger partial charge is 0.113 e. The maximum absolute atomic E-state index is 6.10. The van der Waals surface area contributed by atoms with E-state index in [-0.39, 0.29) is 6.04 Å². The average Bonchev–Trinajstić information content (AvgIpc) is 2.88. The monoisotopic (exact) mass is 257 g/mol. The molecule has 19 heavy (non-hydrogen) atoms. The number of rotatable bonds is 6. The second-order valence-electron chi connectivity index (χ2n) is 4.96. The summed E-state index contributed by atoms with van der Waals surface area (Å²) in [6, 6.07) is 8.70. The van der Waals surface area contributed by atoms with Crippen LogP contribution in [0, 0.1) is 0 Å². The van der Waals surface area contributed by atoms with Gasteiger partial charge in [-0.1, -0.05) is 32.0 Å². The van der Waals surface area contributed by atoms with Gasteiger partial charge in [-0.15, -0.1) is 0 Å². The Morgan fingerprint density at radius 3 is 2.79 bits per heavy atom. The summed E-state index contributed by atoms with van der Waals surface area (Å²) in [5.41, 5.74) is 8.61. The van der Waals surface area contributed by atoms with Crippen molar-refractivity contribution in [3.63, 3.8) is 0 Å². The molecule has 0 saturated heterocycles. The van der Waals surface area contributed by atoms with Crippen LogP contribution in [0.1, 0.15) is 38.1 Å². The fourth-order valence-electron chi connectivity index (χ4n) is 2.31. The molecule has 1 aromatic carbocycles. The Kier molecular flexibility index (Phi) is 4.74. The molecule has 1 aromatic heterocycles. The van der Waals surface area contributed by atoms with E-state index in [2.05, 4.69) is 47.7 Å². The highest BCUT2D eigenvalue weighted by atomic mass is 15.1. The third-order valence-corrected chi connectivity index (χ3v) is 3.45. The number of aromatic nitrogens is 2. The van der Waals surface area contributed by atoms with Crippen molar-refractivity contribution in [1.29, 1.82) is 0 Å². The van der Waals surface area contributed by atoms with Gasteiger partial charge in [-0.2, -0.15) is 0 Å². The standard InChI is InChI=1S/C16H23N3/c1-3-7-16-18-10-11-19(16)15-9-6-5-8-13(15)12-14(17)4-2/h5-6,8-11,14H,3-4,7,12,17H2,1-2H3. The molecule has 0 spiro atoms. The Hall–Kier alpha value is -1.61. The Balaban J connectivity index is 2.35. The minimum absolute atomic E-state index is 0.222. The van der Waals surface area contributed by atoms with Gasteiger partial charge >= 0.3 is 0 Å². The van der Waals surface area contributed by atoms with Crippen molar-refractivity contribution in [3.8, 4) is 5.69 Å². The first-order chi connectivity index (χ1) is 9.26. The average molecular weight is 257 g/mol. The lowest BCUT2D eigenvalue weighted by Crippen LogP contribution is -2.22. The molecule has 0 aliphatic carbocycles. The summed E-state index contributed by atoms with van der Waals surface area (Å²) in [5, 5.41) is 0. The van der Waals surface area contributed by atoms with Crippen molar-refractivity contribution in [2.45, 2.75) is 45.6 Å². The lowest BCUT2D eigenvalue weighted by atomic mass is 10.0. The van der Waals surface area contributed by atoms with Crippen molar-refractivity contribution in [1.82, 2.24) is 9.55 Å². The second kappa shape index (κ2) is 6.53. The number of aryl methyl sites for hydroxylation is 1. The Morgan fingerprint density at radius 1 is 1.26 bits per heavy atom. The van der Waals surface area contributed by atoms with Crippen molar-refractivity contribution in [2.24, 2.45) is 5.73 Å². The molecule has 1 heterocycles. The third kappa shape index (κ3) is 3.24. The predicted molar refractivity (Wildman–Crippen MR) is 79.5 cm³/mol. The minimum Gasteiger partial charge on any atom is -0.327 e. The van der Waals surface area contributed by atoms with Crippen LogP contribution in [0.4, 0.5) is 0 Å². The van der Waals surface area contributed by atoms with Crippen LogP contribution >= 0.6 is 0 Å². The predicted octanol–water partition coefficient (Wildman–Crippen LogP) is 3.10. The lowest BCUT2D eigenvalue weighted by Gasteiger charge is -2.15. The Labute approximate surface area is 115 Å². The van der Waals surface area contributed by atoms with Crippen LogP contribution < -0.4 is 5.73 Å². The first kappa shape index (κ1) is 13.8. The molecule has 3 heteroatoms. The molecule has 2 aromatic rings. The molecule has 0 amide bonds. The van der Waals surface area contributed by atoms with Gasteiger partial charge in [0.1, 0.15) is 5.82 Å². The summed E-state index contributed by atoms with van der Waals surface area (Å²) in [7, 11) is 0. The normalized spacial score (nSPS) is 12.6. The van der Waals surface area contributed by atoms with Gasteiger partial charge in [-0.25, -0.2) is 4.98 Å². The Morgan fingerprint density at radius 2 is 2.05 bits per heavy atom. The maximum atomic E-state index is 6.10. The van der Waals surface area contributed by atoms with Gasteiger partial charge < -0.3 is 10.3 Å². The van der Waals surface area contributed by atoms with Gasteiger partial charge in [0.05, 0.1) is 0 Å². The number of imidazole rings is 1. The van der Waals surface area contributed by atoms with E-state index >= 15 is 0 Å². The van der Waals surface area contributed by atoms with Crippen molar-refractivity contribution in [2.75, 3.05) is 0 Å². The highest BCUT2D eigenvalue weighted by molar-refractivity contribution is 5.42. The number of hydrogen-bond donors (Lipinski definition) is 1. The topological polar surface area (TPSA) is 43.8 Å². The van der Waals surface area contributed by atoms with Crippen LogP contribution in [0.5, 0.6) is 0 Å². The second-order valence-corrected chi connectivity index (χ2v) is 4.96. The van der Waals surface area contributed by atoms with E-state index in [1.165, 1.54) is 11.3 Å². The molecule has 0 aliphatic heterocycles. The molecular formula is C16H23N3. The molecule has 0 radical (unpaired) electrons. The quantitative estimate of drug-likeness (QED) is 0.864. The van der Waals surface area contributed by atoms with Crippen LogP contribution in [-0.4, -0.2) is 15.6 Å². The summed E-state index contributed by atoms with van der Waals surface area (Å²) in [4.78, 5) is 4.45. The van der Waals surface area contributed by atoms with Crippen molar-refractivity contribution < 1.29 is 0 Å². The summed E-state index contributed by atoms with van der Waals surface area (Å²) in [6.45, 7) is 4.31. The number of hydrogen-bond acceptors (Lipinski definition) is 2. The van der Waals surface area contributed by atoms with Crippen molar-refractivity contribution >= 4 is 0 Å². The summed E-state index contributed by atoms with van der Waals surface area (Å²) < 4.78 is 2.20. The fourth-order valence-corrected chi connectivity index (χ4v) is 2.31. The molecule has 0 aliphatic rings. The van der Waals surface area contributed by atoms with Gasteiger partial charge in [-0.05, 0) is 30.9 Å². The van der Waals surface area contributed by atoms with E-state index in [4.69, 9.17) is 5.73 Å². The highest BCUT2D eigenvalue weighted by Crippen LogP contribution is 2.19. The summed E-state index contributed by atoms with van der Waals surface area (Å²) >= 11 is 0.